The van der Waals surface area contributed by atoms with Gasteiger partial charge in [0.05, 0.1) is 6.54 Å². The lowest BCUT2D eigenvalue weighted by molar-refractivity contribution is -0.121. The van der Waals surface area contributed by atoms with Crippen molar-refractivity contribution in [3.8, 4) is 11.8 Å². The number of hydrogen-bond donors (Lipinski definition) is 1. The zero-order valence-electron chi connectivity index (χ0n) is 6.89. The molecule has 4 heteroatoms. The van der Waals surface area contributed by atoms with Crippen LogP contribution < -0.4 is 5.32 Å². The normalized spacial score (nSPS) is 16.6. The van der Waals surface area contributed by atoms with E-state index < -0.39 is 0 Å². The van der Waals surface area contributed by atoms with Crippen molar-refractivity contribution >= 4 is 11.9 Å². The third-order valence-corrected chi connectivity index (χ3v) is 1.59. The molecule has 1 N–H and O–H groups in total. The van der Waals surface area contributed by atoms with Gasteiger partial charge in [0.25, 0.3) is 0 Å². The van der Waals surface area contributed by atoms with E-state index in [0.717, 1.165) is 0 Å². The lowest BCUT2D eigenvalue weighted by Crippen LogP contribution is -2.49. The summed E-state index contributed by atoms with van der Waals surface area (Å²) < 4.78 is 0. The molecular weight excluding hydrogens is 156 g/mol. The van der Waals surface area contributed by atoms with E-state index in [1.807, 2.05) is 0 Å². The van der Waals surface area contributed by atoms with Gasteiger partial charge in [-0.2, -0.15) is 0 Å². The molecule has 0 aromatic rings. The lowest BCUT2D eigenvalue weighted by Gasteiger charge is -2.24. The van der Waals surface area contributed by atoms with Crippen molar-refractivity contribution in [2.45, 2.75) is 13.3 Å². The van der Waals surface area contributed by atoms with Gasteiger partial charge in [0, 0.05) is 13.0 Å². The number of nitrogens with zero attached hydrogens (tertiary/aromatic N) is 1. The van der Waals surface area contributed by atoms with Crippen LogP contribution in [0.3, 0.4) is 0 Å². The molecule has 4 nitrogen and oxygen atoms in total. The monoisotopic (exact) mass is 166 g/mol. The van der Waals surface area contributed by atoms with Gasteiger partial charge in [-0.05, 0) is 6.92 Å². The standard InChI is InChI=1S/C8H10N2O2/c1-2-3-5-10-6-4-7(11)9-8(10)12/h4-6H2,1H3,(H,9,11,12). The molecule has 0 saturated carbocycles. The van der Waals surface area contributed by atoms with E-state index in [-0.39, 0.29) is 11.9 Å². The number of imide groups is 1. The molecule has 1 fully saturated rings. The average molecular weight is 166 g/mol. The van der Waals surface area contributed by atoms with E-state index >= 15 is 0 Å². The second-order valence-electron chi connectivity index (χ2n) is 2.45. The van der Waals surface area contributed by atoms with Crippen LogP contribution in [0.5, 0.6) is 0 Å². The highest BCUT2D eigenvalue weighted by atomic mass is 16.2. The van der Waals surface area contributed by atoms with Crippen molar-refractivity contribution in [1.82, 2.24) is 10.2 Å². The Hall–Kier alpha value is -1.50. The molecule has 0 aliphatic carbocycles. The van der Waals surface area contributed by atoms with Crippen LogP contribution in [-0.4, -0.2) is 29.9 Å². The Labute approximate surface area is 70.9 Å². The summed E-state index contributed by atoms with van der Waals surface area (Å²) in [6, 6.07) is -0.339. The minimum absolute atomic E-state index is 0.208. The summed E-state index contributed by atoms with van der Waals surface area (Å²) in [5.41, 5.74) is 0. The van der Waals surface area contributed by atoms with Crippen LogP contribution in [0.25, 0.3) is 0 Å². The van der Waals surface area contributed by atoms with Gasteiger partial charge in [-0.15, -0.1) is 5.92 Å². The largest absolute Gasteiger partial charge is 0.324 e. The third kappa shape index (κ3) is 1.99. The first-order valence-corrected chi connectivity index (χ1v) is 3.72. The van der Waals surface area contributed by atoms with Crippen molar-refractivity contribution in [1.29, 1.82) is 0 Å². The van der Waals surface area contributed by atoms with Gasteiger partial charge in [0.1, 0.15) is 0 Å². The molecule has 0 spiro atoms. The molecule has 1 rings (SSSR count). The first-order valence-electron chi connectivity index (χ1n) is 3.72. The number of rotatable bonds is 1. The molecule has 0 bridgehead atoms. The fourth-order valence-electron chi connectivity index (χ4n) is 0.924. The summed E-state index contributed by atoms with van der Waals surface area (Å²) in [5.74, 6) is 5.25. The minimum atomic E-state index is -0.339. The zero-order valence-corrected chi connectivity index (χ0v) is 6.89. The first kappa shape index (κ1) is 8.60. The summed E-state index contributed by atoms with van der Waals surface area (Å²) in [6.45, 7) is 2.59. The van der Waals surface area contributed by atoms with Crippen molar-refractivity contribution in [2.24, 2.45) is 0 Å². The van der Waals surface area contributed by atoms with Crippen LogP contribution in [0.1, 0.15) is 13.3 Å². The molecule has 0 aromatic heterocycles. The average Bonchev–Trinajstić information content (AvgIpc) is 2.03. The van der Waals surface area contributed by atoms with E-state index in [1.54, 1.807) is 6.92 Å². The fraction of sp³-hybridized carbons (Fsp3) is 0.500. The number of hydrogen-bond acceptors (Lipinski definition) is 2. The molecule has 0 radical (unpaired) electrons. The first-order chi connectivity index (χ1) is 5.74. The number of amides is 3. The SMILES string of the molecule is CC#CCN1CCC(=O)NC1=O. The van der Waals surface area contributed by atoms with Crippen LogP contribution in [-0.2, 0) is 4.79 Å². The summed E-state index contributed by atoms with van der Waals surface area (Å²) in [6.07, 6.45) is 0.372. The zero-order chi connectivity index (χ0) is 8.97. The van der Waals surface area contributed by atoms with E-state index in [4.69, 9.17) is 0 Å². The fourth-order valence-corrected chi connectivity index (χ4v) is 0.924. The van der Waals surface area contributed by atoms with Gasteiger partial charge in [-0.3, -0.25) is 10.1 Å². The summed E-state index contributed by atoms with van der Waals surface area (Å²) in [5, 5.41) is 2.22. The van der Waals surface area contributed by atoms with E-state index in [0.29, 0.717) is 19.5 Å². The summed E-state index contributed by atoms with van der Waals surface area (Å²) in [7, 11) is 0. The Morgan fingerprint density at radius 2 is 2.33 bits per heavy atom. The molecule has 1 aliphatic heterocycles. The predicted molar refractivity (Wildman–Crippen MR) is 43.2 cm³/mol. The number of carbonyl (C=O) groups is 2. The van der Waals surface area contributed by atoms with Gasteiger partial charge >= 0.3 is 6.03 Å². The van der Waals surface area contributed by atoms with Crippen LogP contribution in [0, 0.1) is 11.8 Å². The molecule has 12 heavy (non-hydrogen) atoms. The second kappa shape index (κ2) is 3.77. The molecule has 3 amide bonds. The quantitative estimate of drug-likeness (QED) is 0.555. The molecule has 1 saturated heterocycles. The van der Waals surface area contributed by atoms with Crippen LogP contribution in [0.15, 0.2) is 0 Å². The highest BCUT2D eigenvalue weighted by molar-refractivity contribution is 5.96. The van der Waals surface area contributed by atoms with Crippen molar-refractivity contribution in [2.75, 3.05) is 13.1 Å². The maximum absolute atomic E-state index is 11.0. The van der Waals surface area contributed by atoms with Gasteiger partial charge in [0.15, 0.2) is 0 Å². The molecule has 0 aromatic carbocycles. The van der Waals surface area contributed by atoms with Crippen molar-refractivity contribution in [3.05, 3.63) is 0 Å². The van der Waals surface area contributed by atoms with Crippen molar-refractivity contribution in [3.63, 3.8) is 0 Å². The van der Waals surface area contributed by atoms with Crippen molar-refractivity contribution < 1.29 is 9.59 Å². The highest BCUT2D eigenvalue weighted by Gasteiger charge is 2.21. The Kier molecular flexibility index (Phi) is 2.70. The molecule has 0 unspecified atom stereocenters. The molecular formula is C8H10N2O2. The summed E-state index contributed by atoms with van der Waals surface area (Å²) in [4.78, 5) is 23.2. The molecule has 1 aliphatic rings. The molecule has 64 valence electrons. The molecule has 0 atom stereocenters. The second-order valence-corrected chi connectivity index (χ2v) is 2.45. The molecule has 1 heterocycles. The van der Waals surface area contributed by atoms with Gasteiger partial charge in [-0.1, -0.05) is 5.92 Å². The van der Waals surface area contributed by atoms with Crippen LogP contribution in [0.2, 0.25) is 0 Å². The van der Waals surface area contributed by atoms with Crippen LogP contribution >= 0.6 is 0 Å². The van der Waals surface area contributed by atoms with E-state index in [9.17, 15) is 9.59 Å². The Balaban J connectivity index is 2.49. The maximum Gasteiger partial charge on any atom is 0.324 e. The van der Waals surface area contributed by atoms with Gasteiger partial charge in [0.2, 0.25) is 5.91 Å². The highest BCUT2D eigenvalue weighted by Crippen LogP contribution is 1.98. The maximum atomic E-state index is 11.0. The smallest absolute Gasteiger partial charge is 0.313 e. The number of urea groups is 1. The van der Waals surface area contributed by atoms with Crippen LogP contribution in [0.4, 0.5) is 4.79 Å². The lowest BCUT2D eigenvalue weighted by atomic mass is 10.3. The Morgan fingerprint density at radius 1 is 1.58 bits per heavy atom. The predicted octanol–water partition coefficient (Wildman–Crippen LogP) is -0.0484. The van der Waals surface area contributed by atoms with Gasteiger partial charge in [-0.25, -0.2) is 4.79 Å². The van der Waals surface area contributed by atoms with E-state index in [2.05, 4.69) is 17.2 Å². The number of nitrogens with one attached hydrogen (secondary N) is 1. The van der Waals surface area contributed by atoms with Gasteiger partial charge < -0.3 is 4.90 Å². The number of carbonyl (C=O) groups excluding carboxylic acids is 2. The third-order valence-electron chi connectivity index (χ3n) is 1.59. The topological polar surface area (TPSA) is 49.4 Å². The summed E-state index contributed by atoms with van der Waals surface area (Å²) >= 11 is 0. The Morgan fingerprint density at radius 3 is 2.92 bits per heavy atom. The minimum Gasteiger partial charge on any atom is -0.313 e. The van der Waals surface area contributed by atoms with E-state index in [1.165, 1.54) is 4.90 Å². The Bertz CT molecular complexity index is 262.